The van der Waals surface area contributed by atoms with Gasteiger partial charge in [-0.25, -0.2) is 4.98 Å². The third-order valence-electron chi connectivity index (χ3n) is 3.54. The molecule has 0 aromatic carbocycles. The van der Waals surface area contributed by atoms with E-state index in [0.717, 1.165) is 18.5 Å². The van der Waals surface area contributed by atoms with Crippen LogP contribution in [0.1, 0.15) is 43.9 Å². The van der Waals surface area contributed by atoms with Crippen molar-refractivity contribution in [1.29, 1.82) is 0 Å². The minimum Gasteiger partial charge on any atom is -0.255 e. The number of hydrogen-bond donors (Lipinski definition) is 0. The van der Waals surface area contributed by atoms with E-state index >= 15 is 0 Å². The van der Waals surface area contributed by atoms with E-state index in [2.05, 4.69) is 41.8 Å². The molecule has 2 aromatic rings. The van der Waals surface area contributed by atoms with Gasteiger partial charge in [0.1, 0.15) is 11.2 Å². The maximum atomic E-state index is 4.41. The van der Waals surface area contributed by atoms with E-state index in [1.807, 2.05) is 29.2 Å². The number of pyridine rings is 1. The lowest BCUT2D eigenvalue weighted by molar-refractivity contribution is 0.542. The fourth-order valence-corrected chi connectivity index (χ4v) is 2.05. The summed E-state index contributed by atoms with van der Waals surface area (Å²) in [6.45, 7) is 4.33. The summed E-state index contributed by atoms with van der Waals surface area (Å²) in [7, 11) is 0. The molecule has 0 unspecified atom stereocenters. The molecule has 3 heteroatoms. The normalized spacial score (nSPS) is 15.9. The summed E-state index contributed by atoms with van der Waals surface area (Å²) < 4.78 is 1.96. The molecular formula is C16H17N3. The van der Waals surface area contributed by atoms with Crippen molar-refractivity contribution in [2.24, 2.45) is 0 Å². The van der Waals surface area contributed by atoms with Crippen LogP contribution in [0.25, 0.3) is 0 Å². The van der Waals surface area contributed by atoms with Gasteiger partial charge in [0.05, 0.1) is 0 Å². The van der Waals surface area contributed by atoms with Crippen molar-refractivity contribution in [2.45, 2.75) is 38.1 Å². The highest BCUT2D eigenvalue weighted by atomic mass is 15.3. The van der Waals surface area contributed by atoms with Crippen LogP contribution in [-0.4, -0.2) is 14.8 Å². The van der Waals surface area contributed by atoms with Crippen LogP contribution in [0.5, 0.6) is 0 Å². The summed E-state index contributed by atoms with van der Waals surface area (Å²) in [5.74, 6) is 7.01. The molecule has 1 aliphatic rings. The molecule has 1 fully saturated rings. The molecule has 0 aliphatic heterocycles. The topological polar surface area (TPSA) is 30.7 Å². The van der Waals surface area contributed by atoms with Crippen molar-refractivity contribution in [3.8, 4) is 11.8 Å². The van der Waals surface area contributed by atoms with Gasteiger partial charge >= 0.3 is 0 Å². The molecule has 19 heavy (non-hydrogen) atoms. The molecule has 2 aromatic heterocycles. The molecule has 3 rings (SSSR count). The molecule has 1 aliphatic carbocycles. The first-order chi connectivity index (χ1) is 9.20. The highest BCUT2D eigenvalue weighted by molar-refractivity contribution is 5.35. The lowest BCUT2D eigenvalue weighted by Gasteiger charge is -2.07. The Bertz CT molecular complexity index is 608. The van der Waals surface area contributed by atoms with Gasteiger partial charge in [-0.05, 0) is 42.4 Å². The fraction of sp³-hybridized carbons (Fsp3) is 0.375. The average molecular weight is 251 g/mol. The molecule has 2 heterocycles. The van der Waals surface area contributed by atoms with Crippen molar-refractivity contribution < 1.29 is 0 Å². The van der Waals surface area contributed by atoms with Crippen LogP contribution in [0, 0.1) is 11.8 Å². The zero-order chi connectivity index (χ0) is 13.3. The van der Waals surface area contributed by atoms with Gasteiger partial charge in [-0.3, -0.25) is 4.68 Å². The first-order valence-corrected chi connectivity index (χ1v) is 6.69. The largest absolute Gasteiger partial charge is 0.255 e. The van der Waals surface area contributed by atoms with Crippen LogP contribution in [0.4, 0.5) is 0 Å². The lowest BCUT2D eigenvalue weighted by Crippen LogP contribution is -2.14. The summed E-state index contributed by atoms with van der Waals surface area (Å²) in [6, 6.07) is 6.05. The van der Waals surface area contributed by atoms with Gasteiger partial charge in [-0.2, -0.15) is 5.10 Å². The average Bonchev–Trinajstić information content (AvgIpc) is 3.00. The lowest BCUT2D eigenvalue weighted by atomic mass is 10.1. The Morgan fingerprint density at radius 1 is 1.32 bits per heavy atom. The molecule has 0 spiro atoms. The van der Waals surface area contributed by atoms with Gasteiger partial charge in [-0.1, -0.05) is 25.8 Å². The molecule has 0 amide bonds. The minimum absolute atomic E-state index is 0.0814. The van der Waals surface area contributed by atoms with Gasteiger partial charge in [0.25, 0.3) is 0 Å². The van der Waals surface area contributed by atoms with Crippen molar-refractivity contribution >= 4 is 0 Å². The van der Waals surface area contributed by atoms with E-state index < -0.39 is 0 Å². The number of nitrogens with zero attached hydrogens (tertiary/aromatic N) is 3. The predicted molar refractivity (Wildman–Crippen MR) is 74.6 cm³/mol. The van der Waals surface area contributed by atoms with E-state index in [1.54, 1.807) is 6.20 Å². The number of rotatable bonds is 2. The Morgan fingerprint density at radius 2 is 2.16 bits per heavy atom. The number of aromatic nitrogens is 3. The van der Waals surface area contributed by atoms with E-state index in [9.17, 15) is 0 Å². The maximum Gasteiger partial charge on any atom is 0.123 e. The smallest absolute Gasteiger partial charge is 0.123 e. The Balaban J connectivity index is 1.81. The molecule has 0 bridgehead atoms. The van der Waals surface area contributed by atoms with Gasteiger partial charge in [-0.15, -0.1) is 0 Å². The minimum atomic E-state index is -0.0814. The second-order valence-electron chi connectivity index (χ2n) is 5.36. The van der Waals surface area contributed by atoms with Crippen LogP contribution >= 0.6 is 0 Å². The third-order valence-corrected chi connectivity index (χ3v) is 3.54. The van der Waals surface area contributed by atoms with E-state index in [1.165, 1.54) is 5.56 Å². The molecule has 0 radical (unpaired) electrons. The van der Waals surface area contributed by atoms with E-state index in [-0.39, 0.29) is 5.54 Å². The maximum absolute atomic E-state index is 4.41. The van der Waals surface area contributed by atoms with Gasteiger partial charge < -0.3 is 0 Å². The predicted octanol–water partition coefficient (Wildman–Crippen LogP) is 2.94. The Morgan fingerprint density at radius 3 is 2.68 bits per heavy atom. The first-order valence-electron chi connectivity index (χ1n) is 6.69. The SMILES string of the molecule is CC(C)c1ccc(C#CC2(n3cccn3)CC2)nc1. The molecule has 96 valence electrons. The Hall–Kier alpha value is -2.08. The zero-order valence-electron chi connectivity index (χ0n) is 11.3. The van der Waals surface area contributed by atoms with E-state index in [4.69, 9.17) is 0 Å². The highest BCUT2D eigenvalue weighted by Gasteiger charge is 2.43. The second kappa shape index (κ2) is 4.55. The Kier molecular flexibility index (Phi) is 2.87. The molecule has 0 saturated heterocycles. The molecule has 0 atom stereocenters. The third kappa shape index (κ3) is 2.39. The number of hydrogen-bond acceptors (Lipinski definition) is 2. The summed E-state index contributed by atoms with van der Waals surface area (Å²) >= 11 is 0. The summed E-state index contributed by atoms with van der Waals surface area (Å²) in [4.78, 5) is 4.41. The van der Waals surface area contributed by atoms with Crippen molar-refractivity contribution in [2.75, 3.05) is 0 Å². The van der Waals surface area contributed by atoms with Gasteiger partial charge in [0.2, 0.25) is 0 Å². The fourth-order valence-electron chi connectivity index (χ4n) is 2.05. The van der Waals surface area contributed by atoms with Crippen LogP contribution in [0.15, 0.2) is 36.8 Å². The zero-order valence-corrected chi connectivity index (χ0v) is 11.3. The summed E-state index contributed by atoms with van der Waals surface area (Å²) in [5.41, 5.74) is 2.00. The van der Waals surface area contributed by atoms with Crippen LogP contribution in [0.2, 0.25) is 0 Å². The van der Waals surface area contributed by atoms with Crippen molar-refractivity contribution in [1.82, 2.24) is 14.8 Å². The molecular weight excluding hydrogens is 234 g/mol. The van der Waals surface area contributed by atoms with Crippen LogP contribution in [0.3, 0.4) is 0 Å². The standard InChI is InChI=1S/C16H17N3/c1-13(2)14-4-5-15(17-12-14)6-7-16(8-9-16)19-11-3-10-18-19/h3-5,10-13H,8-9H2,1-2H3. The van der Waals surface area contributed by atoms with Gasteiger partial charge in [0.15, 0.2) is 0 Å². The molecule has 0 N–H and O–H groups in total. The van der Waals surface area contributed by atoms with Crippen molar-refractivity contribution in [3.05, 3.63) is 48.0 Å². The van der Waals surface area contributed by atoms with Crippen LogP contribution in [-0.2, 0) is 5.54 Å². The highest BCUT2D eigenvalue weighted by Crippen LogP contribution is 2.42. The summed E-state index contributed by atoms with van der Waals surface area (Å²) in [5, 5.41) is 4.29. The quantitative estimate of drug-likeness (QED) is 0.768. The first kappa shape index (κ1) is 12.0. The van der Waals surface area contributed by atoms with Crippen LogP contribution < -0.4 is 0 Å². The Labute approximate surface area is 113 Å². The summed E-state index contributed by atoms with van der Waals surface area (Å²) in [6.07, 6.45) is 7.86. The monoisotopic (exact) mass is 251 g/mol. The van der Waals surface area contributed by atoms with Gasteiger partial charge in [0, 0.05) is 18.6 Å². The molecule has 3 nitrogen and oxygen atoms in total. The van der Waals surface area contributed by atoms with Crippen molar-refractivity contribution in [3.63, 3.8) is 0 Å². The van der Waals surface area contributed by atoms with E-state index in [0.29, 0.717) is 5.92 Å². The molecule has 1 saturated carbocycles. The second-order valence-corrected chi connectivity index (χ2v) is 5.36.